The van der Waals surface area contributed by atoms with Gasteiger partial charge in [0, 0.05) is 6.54 Å². The Hall–Kier alpha value is -3.16. The van der Waals surface area contributed by atoms with Gasteiger partial charge < -0.3 is 10.1 Å². The van der Waals surface area contributed by atoms with Crippen molar-refractivity contribution in [3.8, 4) is 0 Å². The Morgan fingerprint density at radius 3 is 2.38 bits per heavy atom. The Labute approximate surface area is 170 Å². The van der Waals surface area contributed by atoms with Crippen LogP contribution in [0.15, 0.2) is 24.3 Å². The third-order valence-corrected chi connectivity index (χ3v) is 4.30. The third kappa shape index (κ3) is 6.44. The number of carbonyl (C=O) groups is 3. The predicted octanol–water partition coefficient (Wildman–Crippen LogP) is 2.50. The molecule has 1 aromatic carbocycles. The predicted molar refractivity (Wildman–Crippen MR) is 109 cm³/mol. The number of aromatic nitrogens is 2. The maximum Gasteiger partial charge on any atom is 0.342 e. The van der Waals surface area contributed by atoms with Gasteiger partial charge in [-0.05, 0) is 32.3 Å². The maximum absolute atomic E-state index is 12.4. The number of carbonyl (C=O) groups excluding carboxylic acids is 3. The molecule has 0 aliphatic heterocycles. The Morgan fingerprint density at radius 1 is 1.10 bits per heavy atom. The second-order valence-electron chi connectivity index (χ2n) is 7.42. The fourth-order valence-corrected chi connectivity index (χ4v) is 2.72. The summed E-state index contributed by atoms with van der Waals surface area (Å²) in [6, 6.07) is 7.45. The van der Waals surface area contributed by atoms with Crippen LogP contribution in [0.2, 0.25) is 0 Å². The van der Waals surface area contributed by atoms with Gasteiger partial charge in [0.2, 0.25) is 0 Å². The fraction of sp³-hybridized carbons (Fsp3) is 0.429. The highest BCUT2D eigenvalue weighted by Gasteiger charge is 2.21. The van der Waals surface area contributed by atoms with Crippen molar-refractivity contribution in [1.29, 1.82) is 0 Å². The summed E-state index contributed by atoms with van der Waals surface area (Å²) in [4.78, 5) is 35.8. The van der Waals surface area contributed by atoms with Crippen molar-refractivity contribution in [1.82, 2.24) is 20.4 Å². The van der Waals surface area contributed by atoms with Gasteiger partial charge in [0.15, 0.2) is 6.61 Å². The number of nitrogens with one attached hydrogen (secondary N) is 2. The molecule has 0 atom stereocenters. The van der Waals surface area contributed by atoms with Gasteiger partial charge in [-0.3, -0.25) is 14.8 Å². The quantitative estimate of drug-likeness (QED) is 0.695. The van der Waals surface area contributed by atoms with E-state index in [1.807, 2.05) is 45.0 Å². The maximum atomic E-state index is 12.4. The summed E-state index contributed by atoms with van der Waals surface area (Å²) in [6.45, 7) is 9.81. The number of benzene rings is 1. The number of aryl methyl sites for hydroxylation is 2. The first-order valence-electron chi connectivity index (χ1n) is 9.51. The molecule has 2 N–H and O–H groups in total. The first kappa shape index (κ1) is 22.1. The van der Waals surface area contributed by atoms with Gasteiger partial charge in [-0.2, -0.15) is 5.10 Å². The molecule has 0 aliphatic carbocycles. The summed E-state index contributed by atoms with van der Waals surface area (Å²) in [5, 5.41) is 9.10. The van der Waals surface area contributed by atoms with E-state index in [0.29, 0.717) is 30.0 Å². The van der Waals surface area contributed by atoms with Crippen LogP contribution in [0.25, 0.3) is 0 Å². The van der Waals surface area contributed by atoms with Gasteiger partial charge >= 0.3 is 12.0 Å². The van der Waals surface area contributed by atoms with Gasteiger partial charge in [0.1, 0.15) is 5.56 Å². The Balaban J connectivity index is 1.95. The van der Waals surface area contributed by atoms with Gasteiger partial charge in [-0.15, -0.1) is 0 Å². The highest BCUT2D eigenvalue weighted by molar-refractivity contribution is 5.97. The second-order valence-corrected chi connectivity index (χ2v) is 7.42. The number of rotatable bonds is 7. The fourth-order valence-electron chi connectivity index (χ4n) is 2.72. The molecule has 29 heavy (non-hydrogen) atoms. The lowest BCUT2D eigenvalue weighted by Gasteiger charge is -2.09. The lowest BCUT2D eigenvalue weighted by Crippen LogP contribution is -2.42. The summed E-state index contributed by atoms with van der Waals surface area (Å²) in [5.74, 6) is -1.08. The molecule has 156 valence electrons. The van der Waals surface area contributed by atoms with Crippen LogP contribution in [0, 0.1) is 26.7 Å². The number of urea groups is 1. The minimum absolute atomic E-state index is 0.260. The molecule has 0 spiro atoms. The molecule has 1 heterocycles. The lowest BCUT2D eigenvalue weighted by molar-refractivity contribution is -0.123. The van der Waals surface area contributed by atoms with E-state index in [1.54, 1.807) is 18.5 Å². The SMILES string of the molecule is Cc1ccc(Cn2nc(C)c(C(=O)OCC(=O)NC(=O)NCC(C)C)c2C)cc1. The van der Waals surface area contributed by atoms with Crippen molar-refractivity contribution >= 4 is 17.9 Å². The first-order valence-corrected chi connectivity index (χ1v) is 9.51. The molecule has 0 aliphatic rings. The van der Waals surface area contributed by atoms with E-state index >= 15 is 0 Å². The van der Waals surface area contributed by atoms with E-state index in [4.69, 9.17) is 4.74 Å². The summed E-state index contributed by atoms with van der Waals surface area (Å²) in [5.41, 5.74) is 3.74. The highest BCUT2D eigenvalue weighted by atomic mass is 16.5. The van der Waals surface area contributed by atoms with Crippen molar-refractivity contribution in [3.63, 3.8) is 0 Å². The van der Waals surface area contributed by atoms with Crippen LogP contribution in [0.1, 0.15) is 46.7 Å². The van der Waals surface area contributed by atoms with E-state index < -0.39 is 24.5 Å². The Kier molecular flexibility index (Phi) is 7.52. The normalized spacial score (nSPS) is 10.7. The average Bonchev–Trinajstić information content (AvgIpc) is 2.93. The molecule has 0 saturated heterocycles. The zero-order chi connectivity index (χ0) is 21.6. The standard InChI is InChI=1S/C21H28N4O4/c1-13(2)10-22-21(28)23-18(26)12-29-20(27)19-15(4)24-25(16(19)5)11-17-8-6-14(3)7-9-17/h6-9,13H,10-12H2,1-5H3,(H2,22,23,26,28). The summed E-state index contributed by atoms with van der Waals surface area (Å²) < 4.78 is 6.81. The zero-order valence-corrected chi connectivity index (χ0v) is 17.5. The Morgan fingerprint density at radius 2 is 1.76 bits per heavy atom. The molecule has 2 rings (SSSR count). The van der Waals surface area contributed by atoms with Crippen LogP contribution in [0.5, 0.6) is 0 Å². The smallest absolute Gasteiger partial charge is 0.342 e. The number of nitrogens with zero attached hydrogens (tertiary/aromatic N) is 2. The molecule has 2 aromatic rings. The van der Waals surface area contributed by atoms with Crippen molar-refractivity contribution < 1.29 is 19.1 Å². The molecule has 8 heteroatoms. The molecule has 0 fully saturated rings. The minimum atomic E-state index is -0.693. The molecule has 1 aromatic heterocycles. The van der Waals surface area contributed by atoms with Crippen LogP contribution in [0.4, 0.5) is 4.79 Å². The second kappa shape index (κ2) is 9.86. The van der Waals surface area contributed by atoms with E-state index in [2.05, 4.69) is 15.7 Å². The number of hydrogen-bond acceptors (Lipinski definition) is 5. The highest BCUT2D eigenvalue weighted by Crippen LogP contribution is 2.16. The van der Waals surface area contributed by atoms with Gasteiger partial charge in [0.25, 0.3) is 5.91 Å². The summed E-state index contributed by atoms with van der Waals surface area (Å²) in [6.07, 6.45) is 0. The lowest BCUT2D eigenvalue weighted by atomic mass is 10.1. The number of esters is 1. The van der Waals surface area contributed by atoms with Crippen molar-refractivity contribution in [3.05, 3.63) is 52.3 Å². The van der Waals surface area contributed by atoms with E-state index in [1.165, 1.54) is 5.56 Å². The monoisotopic (exact) mass is 400 g/mol. The average molecular weight is 400 g/mol. The van der Waals surface area contributed by atoms with Crippen molar-refractivity contribution in [2.24, 2.45) is 5.92 Å². The first-order chi connectivity index (χ1) is 13.7. The number of hydrogen-bond donors (Lipinski definition) is 2. The van der Waals surface area contributed by atoms with E-state index in [-0.39, 0.29) is 5.92 Å². The van der Waals surface area contributed by atoms with E-state index in [0.717, 1.165) is 5.56 Å². The number of imide groups is 1. The van der Waals surface area contributed by atoms with Gasteiger partial charge in [-0.1, -0.05) is 43.7 Å². The topological polar surface area (TPSA) is 102 Å². The molecule has 0 bridgehead atoms. The molecule has 3 amide bonds. The van der Waals surface area contributed by atoms with Crippen LogP contribution < -0.4 is 10.6 Å². The van der Waals surface area contributed by atoms with Gasteiger partial charge in [-0.25, -0.2) is 9.59 Å². The van der Waals surface area contributed by atoms with Crippen LogP contribution in [-0.4, -0.2) is 40.8 Å². The largest absolute Gasteiger partial charge is 0.452 e. The third-order valence-electron chi connectivity index (χ3n) is 4.30. The zero-order valence-electron chi connectivity index (χ0n) is 17.5. The Bertz CT molecular complexity index is 885. The summed E-state index contributed by atoms with van der Waals surface area (Å²) in [7, 11) is 0. The van der Waals surface area contributed by atoms with Crippen LogP contribution in [0.3, 0.4) is 0 Å². The summed E-state index contributed by atoms with van der Waals surface area (Å²) >= 11 is 0. The molecule has 8 nitrogen and oxygen atoms in total. The number of ether oxygens (including phenoxy) is 1. The van der Waals surface area contributed by atoms with E-state index in [9.17, 15) is 14.4 Å². The van der Waals surface area contributed by atoms with Gasteiger partial charge in [0.05, 0.1) is 17.9 Å². The molecular formula is C21H28N4O4. The van der Waals surface area contributed by atoms with Crippen molar-refractivity contribution in [2.45, 2.75) is 41.2 Å². The molecule has 0 radical (unpaired) electrons. The van der Waals surface area contributed by atoms with Crippen LogP contribution >= 0.6 is 0 Å². The number of amides is 3. The minimum Gasteiger partial charge on any atom is -0.452 e. The molecule has 0 unspecified atom stereocenters. The molecular weight excluding hydrogens is 372 g/mol. The van der Waals surface area contributed by atoms with Crippen LogP contribution in [-0.2, 0) is 16.1 Å². The molecule has 0 saturated carbocycles. The van der Waals surface area contributed by atoms with Crippen molar-refractivity contribution in [2.75, 3.05) is 13.2 Å².